The van der Waals surface area contributed by atoms with E-state index in [1.54, 1.807) is 20.0 Å². The molecule has 0 saturated heterocycles. The Labute approximate surface area is 82.2 Å². The predicted octanol–water partition coefficient (Wildman–Crippen LogP) is -0.164. The van der Waals surface area contributed by atoms with Crippen molar-refractivity contribution in [3.8, 4) is 5.75 Å². The lowest BCUT2D eigenvalue weighted by Gasteiger charge is -2.05. The normalized spacial score (nSPS) is 9.79. The number of ether oxygens (including phenoxy) is 2. The van der Waals surface area contributed by atoms with E-state index in [0.29, 0.717) is 11.2 Å². The Morgan fingerprint density at radius 3 is 2.79 bits per heavy atom. The van der Waals surface area contributed by atoms with Crippen molar-refractivity contribution in [2.24, 2.45) is 0 Å². The molecule has 0 saturated carbocycles. The molecule has 1 aromatic carbocycles. The van der Waals surface area contributed by atoms with Crippen LogP contribution in [-0.2, 0) is 4.74 Å². The van der Waals surface area contributed by atoms with Crippen LogP contribution in [0.25, 0.3) is 0 Å². The number of hydrogen-bond donors (Lipinski definition) is 0. The van der Waals surface area contributed by atoms with Crippen molar-refractivity contribution < 1.29 is 14.4 Å². The van der Waals surface area contributed by atoms with Crippen molar-refractivity contribution in [2.45, 2.75) is 0 Å². The van der Waals surface area contributed by atoms with Gasteiger partial charge in [-0.15, -0.1) is 0 Å². The zero-order valence-electron chi connectivity index (χ0n) is 8.02. The highest BCUT2D eigenvalue weighted by Gasteiger charge is 2.09. The van der Waals surface area contributed by atoms with Crippen LogP contribution < -0.4 is 10.2 Å². The van der Waals surface area contributed by atoms with E-state index < -0.39 is 4.92 Å². The number of hydrogen-bond acceptors (Lipinski definition) is 4. The fourth-order valence-electron chi connectivity index (χ4n) is 1.05. The molecule has 74 valence electrons. The van der Waals surface area contributed by atoms with Crippen molar-refractivity contribution in [1.82, 2.24) is 0 Å². The first-order valence-corrected chi connectivity index (χ1v) is 4.02. The minimum atomic E-state index is -0.421. The van der Waals surface area contributed by atoms with E-state index in [1.165, 1.54) is 13.2 Å². The minimum Gasteiger partial charge on any atom is -0.468 e. The van der Waals surface area contributed by atoms with Gasteiger partial charge < -0.3 is 9.47 Å². The third-order valence-electron chi connectivity index (χ3n) is 1.71. The van der Waals surface area contributed by atoms with E-state index >= 15 is 0 Å². The number of benzene rings is 1. The van der Waals surface area contributed by atoms with Crippen molar-refractivity contribution in [1.29, 1.82) is 0 Å². The summed E-state index contributed by atoms with van der Waals surface area (Å²) in [4.78, 5) is 10.1. The fraction of sp³-hybridized carbons (Fsp3) is 0.250. The molecule has 0 radical (unpaired) electrons. The van der Waals surface area contributed by atoms with Crippen LogP contribution in [0.3, 0.4) is 0 Å². The molecule has 1 rings (SSSR count). The summed E-state index contributed by atoms with van der Waals surface area (Å²) in [5.41, 5.74) is 0.665. The summed E-state index contributed by atoms with van der Waals surface area (Å²) < 4.78 is 9.83. The highest BCUT2D eigenvalue weighted by atomic mass is 16.7. The van der Waals surface area contributed by atoms with Crippen LogP contribution in [0.1, 0.15) is 0 Å². The van der Waals surface area contributed by atoms with Gasteiger partial charge in [0.25, 0.3) is 5.69 Å². The lowest BCUT2D eigenvalue weighted by Crippen LogP contribution is -2.10. The predicted molar refractivity (Wildman–Crippen MR) is 53.8 cm³/mol. The summed E-state index contributed by atoms with van der Waals surface area (Å²) in [5, 5.41) is 10.5. The molecule has 0 fully saturated rings. The molecular formula is C8H10BNO4. The van der Waals surface area contributed by atoms with Gasteiger partial charge in [-0.1, -0.05) is 0 Å². The van der Waals surface area contributed by atoms with Gasteiger partial charge in [0, 0.05) is 13.2 Å². The zero-order chi connectivity index (χ0) is 10.6. The topological polar surface area (TPSA) is 61.6 Å². The Balaban J connectivity index is 2.83. The molecule has 0 N–H and O–H groups in total. The standard InChI is InChI=1S/C8H10BNO4/c1-13-5-14-6-2-3-8(10(11)12)7(9)4-6/h2-4H,5,9H2,1H3. The Morgan fingerprint density at radius 1 is 1.57 bits per heavy atom. The monoisotopic (exact) mass is 195 g/mol. The Morgan fingerprint density at radius 2 is 2.29 bits per heavy atom. The average Bonchev–Trinajstić information content (AvgIpc) is 2.14. The van der Waals surface area contributed by atoms with Crippen LogP contribution in [-0.4, -0.2) is 26.7 Å². The lowest BCUT2D eigenvalue weighted by molar-refractivity contribution is -0.383. The smallest absolute Gasteiger partial charge is 0.263 e. The van der Waals surface area contributed by atoms with Crippen LogP contribution in [0.2, 0.25) is 0 Å². The van der Waals surface area contributed by atoms with Crippen LogP contribution >= 0.6 is 0 Å². The number of nitro groups is 1. The van der Waals surface area contributed by atoms with Gasteiger partial charge in [0.2, 0.25) is 0 Å². The van der Waals surface area contributed by atoms with Crippen LogP contribution in [0.5, 0.6) is 5.75 Å². The first-order chi connectivity index (χ1) is 6.65. The van der Waals surface area contributed by atoms with Crippen molar-refractivity contribution in [3.63, 3.8) is 0 Å². The molecule has 0 aliphatic carbocycles. The third kappa shape index (κ3) is 2.46. The molecule has 14 heavy (non-hydrogen) atoms. The van der Waals surface area contributed by atoms with Gasteiger partial charge in [-0.05, 0) is 17.6 Å². The second kappa shape index (κ2) is 4.62. The summed E-state index contributed by atoms with van der Waals surface area (Å²) in [7, 11) is 3.18. The highest BCUT2D eigenvalue weighted by Crippen LogP contribution is 2.14. The molecule has 5 nitrogen and oxygen atoms in total. The van der Waals surface area contributed by atoms with Crippen LogP contribution in [0.4, 0.5) is 5.69 Å². The molecule has 0 aromatic heterocycles. The lowest BCUT2D eigenvalue weighted by atomic mass is 9.94. The number of nitro benzene ring substituents is 1. The molecule has 0 unspecified atom stereocenters. The van der Waals surface area contributed by atoms with Crippen molar-refractivity contribution in [2.75, 3.05) is 13.9 Å². The van der Waals surface area contributed by atoms with Crippen LogP contribution in [0.15, 0.2) is 18.2 Å². The summed E-state index contributed by atoms with van der Waals surface area (Å²) in [5.74, 6) is 0.565. The largest absolute Gasteiger partial charge is 0.468 e. The number of nitrogens with zero attached hydrogens (tertiary/aromatic N) is 1. The van der Waals surface area contributed by atoms with Gasteiger partial charge >= 0.3 is 0 Å². The van der Waals surface area contributed by atoms with Gasteiger partial charge in [-0.25, -0.2) is 0 Å². The van der Waals surface area contributed by atoms with Crippen molar-refractivity contribution in [3.05, 3.63) is 28.3 Å². The summed E-state index contributed by atoms with van der Waals surface area (Å²) in [6, 6.07) is 4.57. The molecule has 0 aliphatic heterocycles. The summed E-state index contributed by atoms with van der Waals surface area (Å²) in [6.07, 6.45) is 0. The molecular weight excluding hydrogens is 185 g/mol. The first-order valence-electron chi connectivity index (χ1n) is 4.02. The Bertz CT molecular complexity index is 342. The first kappa shape index (κ1) is 10.5. The quantitative estimate of drug-likeness (QED) is 0.289. The molecule has 0 spiro atoms. The van der Waals surface area contributed by atoms with Gasteiger partial charge in [-0.3, -0.25) is 10.1 Å². The summed E-state index contributed by atoms with van der Waals surface area (Å²) >= 11 is 0. The van der Waals surface area contributed by atoms with E-state index in [9.17, 15) is 10.1 Å². The minimum absolute atomic E-state index is 0.0924. The van der Waals surface area contributed by atoms with Gasteiger partial charge in [0.05, 0.1) is 4.92 Å². The van der Waals surface area contributed by atoms with Gasteiger partial charge in [0.1, 0.15) is 13.6 Å². The number of methoxy groups -OCH3 is 1. The maximum Gasteiger partial charge on any atom is 0.263 e. The SMILES string of the molecule is Bc1cc(OCOC)ccc1[N+](=O)[O-]. The maximum atomic E-state index is 10.5. The zero-order valence-corrected chi connectivity index (χ0v) is 8.02. The van der Waals surface area contributed by atoms with E-state index in [1.807, 2.05) is 0 Å². The highest BCUT2D eigenvalue weighted by molar-refractivity contribution is 6.35. The van der Waals surface area contributed by atoms with Gasteiger partial charge in [-0.2, -0.15) is 0 Å². The molecule has 0 amide bonds. The molecule has 0 aliphatic rings. The van der Waals surface area contributed by atoms with Crippen LogP contribution in [0, 0.1) is 10.1 Å². The van der Waals surface area contributed by atoms with Crippen molar-refractivity contribution >= 4 is 19.0 Å². The molecule has 6 heteroatoms. The Hall–Kier alpha value is -1.56. The molecule has 0 bridgehead atoms. The maximum absolute atomic E-state index is 10.5. The van der Waals surface area contributed by atoms with E-state index in [2.05, 4.69) is 0 Å². The molecule has 1 aromatic rings. The third-order valence-corrected chi connectivity index (χ3v) is 1.71. The van der Waals surface area contributed by atoms with E-state index in [0.717, 1.165) is 0 Å². The number of rotatable bonds is 4. The van der Waals surface area contributed by atoms with E-state index in [-0.39, 0.29) is 12.5 Å². The Kier molecular flexibility index (Phi) is 3.47. The van der Waals surface area contributed by atoms with Gasteiger partial charge in [0.15, 0.2) is 6.79 Å². The molecule has 0 heterocycles. The average molecular weight is 195 g/mol. The van der Waals surface area contributed by atoms with E-state index in [4.69, 9.17) is 9.47 Å². The second-order valence-electron chi connectivity index (χ2n) is 2.76. The fourth-order valence-corrected chi connectivity index (χ4v) is 1.05. The molecule has 0 atom stereocenters. The summed E-state index contributed by atoms with van der Waals surface area (Å²) in [6.45, 7) is 0.136. The second-order valence-corrected chi connectivity index (χ2v) is 2.76.